The Kier molecular flexibility index (Phi) is 5.69. The third-order valence-electron chi connectivity index (χ3n) is 3.96. The van der Waals surface area contributed by atoms with E-state index >= 15 is 0 Å². The molecule has 0 radical (unpaired) electrons. The molecule has 1 fully saturated rings. The highest BCUT2D eigenvalue weighted by Crippen LogP contribution is 2.21. The van der Waals surface area contributed by atoms with Crippen molar-refractivity contribution in [1.82, 2.24) is 30.8 Å². The zero-order valence-corrected chi connectivity index (χ0v) is 14.7. The second kappa shape index (κ2) is 8.15. The van der Waals surface area contributed by atoms with Crippen LogP contribution in [0.3, 0.4) is 0 Å². The molecular weight excluding hydrogens is 344 g/mol. The fourth-order valence-corrected chi connectivity index (χ4v) is 3.44. The predicted octanol–water partition coefficient (Wildman–Crippen LogP) is 1.56. The van der Waals surface area contributed by atoms with Gasteiger partial charge in [-0.3, -0.25) is 10.1 Å². The summed E-state index contributed by atoms with van der Waals surface area (Å²) in [5, 5.41) is 16.6. The van der Waals surface area contributed by atoms with Gasteiger partial charge in [0.15, 0.2) is 0 Å². The first-order valence-corrected chi connectivity index (χ1v) is 9.06. The molecule has 2 aromatic rings. The summed E-state index contributed by atoms with van der Waals surface area (Å²) in [6.07, 6.45) is 5.74. The zero-order valence-electron chi connectivity index (χ0n) is 13.8. The van der Waals surface area contributed by atoms with Crippen LogP contribution < -0.4 is 10.6 Å². The van der Waals surface area contributed by atoms with E-state index < -0.39 is 11.3 Å². The molecule has 1 atom stereocenters. The van der Waals surface area contributed by atoms with Crippen molar-refractivity contribution < 1.29 is 14.0 Å². The van der Waals surface area contributed by atoms with E-state index in [1.54, 1.807) is 23.9 Å². The zero-order chi connectivity index (χ0) is 17.6. The summed E-state index contributed by atoms with van der Waals surface area (Å²) in [5.74, 6) is 0.329. The highest BCUT2D eigenvalue weighted by atomic mass is 32.2. The number of imide groups is 1. The van der Waals surface area contributed by atoms with Gasteiger partial charge in [-0.15, -0.1) is 5.10 Å². The molecule has 2 aromatic heterocycles. The molecule has 10 heteroatoms. The van der Waals surface area contributed by atoms with Crippen LogP contribution >= 0.6 is 11.8 Å². The van der Waals surface area contributed by atoms with Gasteiger partial charge in [-0.1, -0.05) is 24.6 Å². The van der Waals surface area contributed by atoms with Gasteiger partial charge in [0.25, 0.3) is 0 Å². The number of furan rings is 1. The summed E-state index contributed by atoms with van der Waals surface area (Å²) >= 11 is 1.18. The van der Waals surface area contributed by atoms with Crippen LogP contribution in [-0.2, 0) is 11.3 Å². The summed E-state index contributed by atoms with van der Waals surface area (Å²) in [6.45, 7) is 2.08. The van der Waals surface area contributed by atoms with Gasteiger partial charge in [-0.05, 0) is 42.3 Å². The van der Waals surface area contributed by atoms with Gasteiger partial charge in [0.2, 0.25) is 11.1 Å². The number of aromatic nitrogens is 4. The molecule has 1 aliphatic rings. The quantitative estimate of drug-likeness (QED) is 0.748. The van der Waals surface area contributed by atoms with E-state index in [0.29, 0.717) is 17.5 Å². The van der Waals surface area contributed by atoms with Gasteiger partial charge < -0.3 is 9.73 Å². The van der Waals surface area contributed by atoms with Gasteiger partial charge in [0.05, 0.1) is 11.5 Å². The molecule has 1 aliphatic carbocycles. The molecule has 1 saturated carbocycles. The fourth-order valence-electron chi connectivity index (χ4n) is 2.65. The molecular formula is C15H20N6O3S. The Labute approximate surface area is 148 Å². The number of hydrogen-bond donors (Lipinski definition) is 2. The number of carbonyl (C=O) groups excluding carboxylic acids is 2. The van der Waals surface area contributed by atoms with Crippen molar-refractivity contribution in [3.05, 3.63) is 24.2 Å². The summed E-state index contributed by atoms with van der Waals surface area (Å²) in [5.41, 5.74) is 0. The van der Waals surface area contributed by atoms with Gasteiger partial charge in [0.1, 0.15) is 12.3 Å². The minimum absolute atomic E-state index is 0.163. The minimum atomic E-state index is -0.518. The molecule has 3 amide bonds. The van der Waals surface area contributed by atoms with Crippen LogP contribution in [0, 0.1) is 0 Å². The molecule has 9 nitrogen and oxygen atoms in total. The van der Waals surface area contributed by atoms with Gasteiger partial charge in [-0.25, -0.2) is 9.48 Å². The Morgan fingerprint density at radius 2 is 2.24 bits per heavy atom. The summed E-state index contributed by atoms with van der Waals surface area (Å²) in [7, 11) is 0. The average molecular weight is 364 g/mol. The van der Waals surface area contributed by atoms with Crippen molar-refractivity contribution in [2.24, 2.45) is 0 Å². The molecule has 134 valence electrons. The Balaban J connectivity index is 1.51. The number of rotatable bonds is 6. The lowest BCUT2D eigenvalue weighted by Crippen LogP contribution is -2.45. The van der Waals surface area contributed by atoms with Crippen LogP contribution in [0.2, 0.25) is 0 Å². The van der Waals surface area contributed by atoms with Crippen LogP contribution in [0.25, 0.3) is 0 Å². The predicted molar refractivity (Wildman–Crippen MR) is 89.9 cm³/mol. The number of carbonyl (C=O) groups is 2. The monoisotopic (exact) mass is 364 g/mol. The van der Waals surface area contributed by atoms with E-state index in [-0.39, 0.29) is 11.9 Å². The third-order valence-corrected chi connectivity index (χ3v) is 5.03. The largest absolute Gasteiger partial charge is 0.467 e. The maximum absolute atomic E-state index is 12.2. The lowest BCUT2D eigenvalue weighted by atomic mass is 10.2. The van der Waals surface area contributed by atoms with Crippen molar-refractivity contribution >= 4 is 23.7 Å². The van der Waals surface area contributed by atoms with Crippen LogP contribution in [0.15, 0.2) is 28.0 Å². The summed E-state index contributed by atoms with van der Waals surface area (Å²) in [4.78, 5) is 24.1. The molecule has 25 heavy (non-hydrogen) atoms. The number of hydrogen-bond acceptors (Lipinski definition) is 7. The molecule has 0 bridgehead atoms. The van der Waals surface area contributed by atoms with E-state index in [4.69, 9.17) is 4.42 Å². The topological polar surface area (TPSA) is 115 Å². The summed E-state index contributed by atoms with van der Waals surface area (Å²) in [6, 6.07) is 3.32. The maximum Gasteiger partial charge on any atom is 0.321 e. The van der Waals surface area contributed by atoms with Crippen molar-refractivity contribution in [3.8, 4) is 0 Å². The Morgan fingerprint density at radius 1 is 1.44 bits per heavy atom. The number of urea groups is 1. The van der Waals surface area contributed by atoms with E-state index in [0.717, 1.165) is 25.7 Å². The van der Waals surface area contributed by atoms with E-state index in [1.807, 2.05) is 6.07 Å². The van der Waals surface area contributed by atoms with Crippen LogP contribution in [0.5, 0.6) is 0 Å². The first-order chi connectivity index (χ1) is 12.1. The molecule has 2 N–H and O–H groups in total. The van der Waals surface area contributed by atoms with Crippen molar-refractivity contribution in [2.75, 3.05) is 0 Å². The Morgan fingerprint density at radius 3 is 2.96 bits per heavy atom. The van der Waals surface area contributed by atoms with Crippen molar-refractivity contribution in [2.45, 2.75) is 55.6 Å². The molecule has 2 heterocycles. The van der Waals surface area contributed by atoms with Crippen molar-refractivity contribution in [1.29, 1.82) is 0 Å². The van der Waals surface area contributed by atoms with Crippen LogP contribution in [0.4, 0.5) is 4.79 Å². The highest BCUT2D eigenvalue weighted by Gasteiger charge is 2.23. The Hall–Kier alpha value is -2.36. The maximum atomic E-state index is 12.2. The van der Waals surface area contributed by atoms with Crippen LogP contribution in [0.1, 0.15) is 38.4 Å². The molecule has 0 spiro atoms. The first kappa shape index (κ1) is 17.5. The molecule has 3 rings (SSSR count). The van der Waals surface area contributed by atoms with E-state index in [9.17, 15) is 9.59 Å². The minimum Gasteiger partial charge on any atom is -0.467 e. The van der Waals surface area contributed by atoms with Gasteiger partial charge in [0, 0.05) is 6.04 Å². The molecule has 1 unspecified atom stereocenters. The number of thioether (sulfide) groups is 1. The SMILES string of the molecule is CC(Sc1nnnn1Cc1ccco1)C(=O)NC(=O)NC1CCCC1. The van der Waals surface area contributed by atoms with Gasteiger partial charge >= 0.3 is 6.03 Å². The number of tetrazole rings is 1. The van der Waals surface area contributed by atoms with Crippen molar-refractivity contribution in [3.63, 3.8) is 0 Å². The second-order valence-corrected chi connectivity index (χ2v) is 7.21. The number of nitrogens with one attached hydrogen (secondary N) is 2. The van der Waals surface area contributed by atoms with E-state index in [1.165, 1.54) is 11.8 Å². The third kappa shape index (κ3) is 4.81. The lowest BCUT2D eigenvalue weighted by Gasteiger charge is -2.14. The normalized spacial score (nSPS) is 15.9. The van der Waals surface area contributed by atoms with E-state index in [2.05, 4.69) is 26.2 Å². The summed E-state index contributed by atoms with van der Waals surface area (Å²) < 4.78 is 6.82. The number of amides is 3. The lowest BCUT2D eigenvalue weighted by molar-refractivity contribution is -0.119. The smallest absolute Gasteiger partial charge is 0.321 e. The fraction of sp³-hybridized carbons (Fsp3) is 0.533. The first-order valence-electron chi connectivity index (χ1n) is 8.18. The standard InChI is InChI=1S/C15H20N6O3S/c1-10(13(22)17-14(23)16-11-5-2-3-6-11)25-15-18-19-20-21(15)9-12-7-4-8-24-12/h4,7-8,10-11H,2-3,5-6,9H2,1H3,(H2,16,17,22,23). The molecule has 0 aromatic carbocycles. The molecule has 0 saturated heterocycles. The molecule has 0 aliphatic heterocycles. The Bertz CT molecular complexity index is 711. The highest BCUT2D eigenvalue weighted by molar-refractivity contribution is 8.00. The average Bonchev–Trinajstić information content (AvgIpc) is 3.31. The van der Waals surface area contributed by atoms with Crippen LogP contribution in [-0.4, -0.2) is 43.4 Å². The number of nitrogens with zero attached hydrogens (tertiary/aromatic N) is 4. The second-order valence-electron chi connectivity index (χ2n) is 5.90. The van der Waals surface area contributed by atoms with Gasteiger partial charge in [-0.2, -0.15) is 0 Å².